The first-order valence-electron chi connectivity index (χ1n) is 6.53. The van der Waals surface area contributed by atoms with Gasteiger partial charge in [-0.05, 0) is 23.8 Å². The highest BCUT2D eigenvalue weighted by Crippen LogP contribution is 2.32. The normalized spacial score (nSPS) is 11.1. The molecule has 5 nitrogen and oxygen atoms in total. The highest BCUT2D eigenvalue weighted by Gasteiger charge is 2.34. The second-order valence-electron chi connectivity index (χ2n) is 4.65. The molecule has 0 aliphatic carbocycles. The molecule has 0 spiro atoms. The number of ether oxygens (including phenoxy) is 1. The number of H-pyrrole nitrogens is 1. The number of halogens is 3. The van der Waals surface area contributed by atoms with Gasteiger partial charge < -0.3 is 15.0 Å². The molecule has 0 bridgehead atoms. The zero-order valence-corrected chi connectivity index (χ0v) is 12.0. The third-order valence-corrected chi connectivity index (χ3v) is 3.03. The van der Waals surface area contributed by atoms with Gasteiger partial charge in [-0.25, -0.2) is 4.79 Å². The summed E-state index contributed by atoms with van der Waals surface area (Å²) in [5.41, 5.74) is -1.35. The van der Waals surface area contributed by atoms with E-state index < -0.39 is 23.4 Å². The second kappa shape index (κ2) is 6.55. The van der Waals surface area contributed by atoms with Crippen LogP contribution in [0.25, 0.3) is 0 Å². The van der Waals surface area contributed by atoms with Crippen LogP contribution in [0.1, 0.15) is 21.6 Å². The number of hydrogen-bond donors (Lipinski definition) is 2. The minimum atomic E-state index is -4.68. The lowest BCUT2D eigenvalue weighted by Crippen LogP contribution is -2.18. The Hall–Kier alpha value is -2.77. The molecule has 1 heterocycles. The Morgan fingerprint density at radius 2 is 2.00 bits per heavy atom. The van der Waals surface area contributed by atoms with Crippen molar-refractivity contribution in [1.82, 2.24) is 4.98 Å². The van der Waals surface area contributed by atoms with E-state index >= 15 is 0 Å². The van der Waals surface area contributed by atoms with E-state index in [0.29, 0.717) is 11.1 Å². The molecule has 1 aromatic carbocycles. The average molecular weight is 326 g/mol. The third-order valence-electron chi connectivity index (χ3n) is 3.03. The Balaban J connectivity index is 2.22. The third kappa shape index (κ3) is 4.12. The van der Waals surface area contributed by atoms with Crippen LogP contribution >= 0.6 is 0 Å². The van der Waals surface area contributed by atoms with Gasteiger partial charge in [0, 0.05) is 12.6 Å². The predicted octanol–water partition coefficient (Wildman–Crippen LogP) is 2.79. The molecule has 0 saturated heterocycles. The van der Waals surface area contributed by atoms with Gasteiger partial charge in [-0.15, -0.1) is 0 Å². The summed E-state index contributed by atoms with van der Waals surface area (Å²) >= 11 is 0. The number of alkyl halides is 3. The molecular formula is C15H13F3N2O3. The predicted molar refractivity (Wildman–Crippen MR) is 77.2 cm³/mol. The molecule has 1 aromatic heterocycles. The number of nitrogens with one attached hydrogen (secondary N) is 2. The maximum Gasteiger partial charge on any atom is 0.433 e. The van der Waals surface area contributed by atoms with E-state index in [9.17, 15) is 22.8 Å². The first-order valence-corrected chi connectivity index (χ1v) is 6.53. The van der Waals surface area contributed by atoms with E-state index in [4.69, 9.17) is 0 Å². The van der Waals surface area contributed by atoms with Gasteiger partial charge in [0.15, 0.2) is 0 Å². The topological polar surface area (TPSA) is 71.2 Å². The Kier molecular flexibility index (Phi) is 4.73. The van der Waals surface area contributed by atoms with Crippen LogP contribution in [0.5, 0.6) is 0 Å². The molecule has 2 rings (SSSR count). The van der Waals surface area contributed by atoms with Gasteiger partial charge in [0.1, 0.15) is 5.69 Å². The van der Waals surface area contributed by atoms with Crippen molar-refractivity contribution in [3.05, 3.63) is 63.6 Å². The van der Waals surface area contributed by atoms with Crippen LogP contribution in [0.4, 0.5) is 18.9 Å². The summed E-state index contributed by atoms with van der Waals surface area (Å²) in [7, 11) is 1.24. The van der Waals surface area contributed by atoms with Gasteiger partial charge >= 0.3 is 12.1 Å². The van der Waals surface area contributed by atoms with Crippen molar-refractivity contribution in [2.24, 2.45) is 0 Å². The zero-order chi connectivity index (χ0) is 17.0. The van der Waals surface area contributed by atoms with Crippen LogP contribution in [0.3, 0.4) is 0 Å². The van der Waals surface area contributed by atoms with Gasteiger partial charge in [0.25, 0.3) is 0 Å². The van der Waals surface area contributed by atoms with E-state index in [0.717, 1.165) is 12.1 Å². The van der Waals surface area contributed by atoms with Gasteiger partial charge in [-0.2, -0.15) is 13.2 Å². The summed E-state index contributed by atoms with van der Waals surface area (Å²) in [6.45, 7) is 0.0416. The highest BCUT2D eigenvalue weighted by molar-refractivity contribution is 5.89. The number of aromatic amines is 1. The number of esters is 1. The molecule has 2 N–H and O–H groups in total. The van der Waals surface area contributed by atoms with Crippen molar-refractivity contribution in [3.63, 3.8) is 0 Å². The number of anilines is 1. The van der Waals surface area contributed by atoms with E-state index in [-0.39, 0.29) is 12.2 Å². The Morgan fingerprint density at radius 1 is 1.26 bits per heavy atom. The lowest BCUT2D eigenvalue weighted by Gasteiger charge is -2.14. The number of benzene rings is 1. The molecule has 0 atom stereocenters. The summed E-state index contributed by atoms with van der Waals surface area (Å²) in [6, 6.07) is 8.36. The van der Waals surface area contributed by atoms with E-state index in [1.54, 1.807) is 17.1 Å². The van der Waals surface area contributed by atoms with Crippen LogP contribution < -0.4 is 10.9 Å². The molecule has 0 aliphatic heterocycles. The van der Waals surface area contributed by atoms with Crippen LogP contribution in [-0.2, 0) is 17.5 Å². The quantitative estimate of drug-likeness (QED) is 0.848. The fourth-order valence-electron chi connectivity index (χ4n) is 1.97. The number of hydrogen-bond acceptors (Lipinski definition) is 4. The fraction of sp³-hybridized carbons (Fsp3) is 0.200. The zero-order valence-electron chi connectivity index (χ0n) is 12.0. The van der Waals surface area contributed by atoms with Crippen molar-refractivity contribution in [1.29, 1.82) is 0 Å². The van der Waals surface area contributed by atoms with Gasteiger partial charge in [0.2, 0.25) is 5.56 Å². The molecule has 8 heteroatoms. The van der Waals surface area contributed by atoms with Crippen LogP contribution in [0, 0.1) is 0 Å². The van der Waals surface area contributed by atoms with Crippen molar-refractivity contribution >= 4 is 11.7 Å². The molecular weight excluding hydrogens is 313 g/mol. The van der Waals surface area contributed by atoms with Gasteiger partial charge in [-0.3, -0.25) is 4.79 Å². The number of carbonyl (C=O) groups excluding carboxylic acids is 1. The smallest absolute Gasteiger partial charge is 0.433 e. The summed E-state index contributed by atoms with van der Waals surface area (Å²) in [4.78, 5) is 24.3. The second-order valence-corrected chi connectivity index (χ2v) is 4.65. The van der Waals surface area contributed by atoms with E-state index in [1.807, 2.05) is 0 Å². The summed E-state index contributed by atoms with van der Waals surface area (Å²) in [6.07, 6.45) is -4.68. The monoisotopic (exact) mass is 326 g/mol. The fourth-order valence-corrected chi connectivity index (χ4v) is 1.97. The molecule has 0 amide bonds. The Morgan fingerprint density at radius 3 is 2.65 bits per heavy atom. The van der Waals surface area contributed by atoms with Crippen molar-refractivity contribution in [2.75, 3.05) is 12.4 Å². The summed E-state index contributed by atoms with van der Waals surface area (Å²) in [5, 5.41) is 2.61. The average Bonchev–Trinajstić information content (AvgIpc) is 2.52. The maximum atomic E-state index is 12.9. The minimum absolute atomic E-state index is 0.0416. The van der Waals surface area contributed by atoms with Gasteiger partial charge in [0.05, 0.1) is 18.4 Å². The first kappa shape index (κ1) is 16.6. The molecule has 23 heavy (non-hydrogen) atoms. The number of aromatic nitrogens is 1. The Labute approximate surface area is 129 Å². The number of pyridine rings is 1. The SMILES string of the molecule is COC(=O)c1cccc(CNc2ccc(=O)[nH]c2C(F)(F)F)c1. The molecule has 0 saturated carbocycles. The van der Waals surface area contributed by atoms with Gasteiger partial charge in [-0.1, -0.05) is 12.1 Å². The molecule has 0 unspecified atom stereocenters. The maximum absolute atomic E-state index is 12.9. The van der Waals surface area contributed by atoms with Crippen molar-refractivity contribution < 1.29 is 22.7 Å². The number of carbonyl (C=O) groups is 1. The molecule has 2 aromatic rings. The molecule has 0 aliphatic rings. The van der Waals surface area contributed by atoms with E-state index in [2.05, 4.69) is 10.1 Å². The highest BCUT2D eigenvalue weighted by atomic mass is 19.4. The van der Waals surface area contributed by atoms with Crippen LogP contribution in [0.15, 0.2) is 41.2 Å². The van der Waals surface area contributed by atoms with E-state index in [1.165, 1.54) is 19.2 Å². The summed E-state index contributed by atoms with van der Waals surface area (Å²) < 4.78 is 43.3. The first-order chi connectivity index (χ1) is 10.8. The minimum Gasteiger partial charge on any atom is -0.465 e. The molecule has 0 radical (unpaired) electrons. The van der Waals surface area contributed by atoms with Crippen LogP contribution in [0.2, 0.25) is 0 Å². The number of rotatable bonds is 4. The van der Waals surface area contributed by atoms with Crippen molar-refractivity contribution in [2.45, 2.75) is 12.7 Å². The van der Waals surface area contributed by atoms with Crippen LogP contribution in [-0.4, -0.2) is 18.1 Å². The molecule has 0 fully saturated rings. The Bertz CT molecular complexity index is 769. The number of methoxy groups -OCH3 is 1. The largest absolute Gasteiger partial charge is 0.465 e. The summed E-state index contributed by atoms with van der Waals surface area (Å²) in [5.74, 6) is -0.535. The molecule has 122 valence electrons. The lowest BCUT2D eigenvalue weighted by atomic mass is 10.1. The standard InChI is InChI=1S/C15H13F3N2O3/c1-23-14(22)10-4-2-3-9(7-10)8-19-11-5-6-12(21)20-13(11)15(16,17)18/h2-7,19H,8H2,1H3,(H,20,21). The lowest BCUT2D eigenvalue weighted by molar-refractivity contribution is -0.140. The van der Waals surface area contributed by atoms with Crippen molar-refractivity contribution in [3.8, 4) is 0 Å².